The molecule has 1 heterocycles. The van der Waals surface area contributed by atoms with Crippen LogP contribution in [0.25, 0.3) is 11.0 Å². The van der Waals surface area contributed by atoms with Crippen LogP contribution in [0.3, 0.4) is 0 Å². The van der Waals surface area contributed by atoms with Gasteiger partial charge in [-0.1, -0.05) is 0 Å². The van der Waals surface area contributed by atoms with Gasteiger partial charge in [-0.15, -0.1) is 0 Å². The van der Waals surface area contributed by atoms with Crippen molar-refractivity contribution < 1.29 is 9.90 Å². The number of nitrogens with one attached hydrogen (secondary N) is 1. The third-order valence-corrected chi connectivity index (χ3v) is 2.79. The Labute approximate surface area is 105 Å². The van der Waals surface area contributed by atoms with Gasteiger partial charge in [0.05, 0.1) is 6.10 Å². The van der Waals surface area contributed by atoms with E-state index in [2.05, 4.69) is 15.4 Å². The van der Waals surface area contributed by atoms with Crippen LogP contribution in [0.2, 0.25) is 0 Å². The number of fused-ring (bicyclic) bond motifs is 1. The molecule has 0 aliphatic carbocycles. The average Bonchev–Trinajstić information content (AvgIpc) is 2.81. The van der Waals surface area contributed by atoms with Gasteiger partial charge in [0.1, 0.15) is 11.0 Å². The molecule has 0 aliphatic rings. The topological polar surface area (TPSA) is 82.1 Å². The highest BCUT2D eigenvalue weighted by Gasteiger charge is 2.13. The van der Waals surface area contributed by atoms with Crippen molar-refractivity contribution in [3.8, 4) is 0 Å². The summed E-state index contributed by atoms with van der Waals surface area (Å²) in [6.45, 7) is 2.23. The van der Waals surface area contributed by atoms with Crippen LogP contribution in [0, 0.1) is 0 Å². The third-order valence-electron chi connectivity index (χ3n) is 2.79. The first-order chi connectivity index (χ1) is 8.58. The summed E-state index contributed by atoms with van der Waals surface area (Å²) in [6, 6.07) is 5.20. The number of rotatable bonds is 4. The predicted octanol–water partition coefficient (Wildman–Crippen LogP) is 0.801. The molecule has 1 unspecified atom stereocenters. The number of benzene rings is 1. The fraction of sp³-hybridized carbons (Fsp3) is 0.417. The molecule has 0 aliphatic heterocycles. The lowest BCUT2D eigenvalue weighted by Gasteiger charge is -2.17. The van der Waals surface area contributed by atoms with Crippen LogP contribution in [-0.4, -0.2) is 51.0 Å². The fourth-order valence-corrected chi connectivity index (χ4v) is 1.68. The third kappa shape index (κ3) is 2.65. The molecule has 0 saturated heterocycles. The van der Waals surface area contributed by atoms with Crippen LogP contribution in [0.5, 0.6) is 0 Å². The first-order valence-electron chi connectivity index (χ1n) is 5.82. The van der Waals surface area contributed by atoms with Gasteiger partial charge >= 0.3 is 0 Å². The zero-order valence-electron chi connectivity index (χ0n) is 10.4. The zero-order valence-corrected chi connectivity index (χ0v) is 10.4. The van der Waals surface area contributed by atoms with E-state index in [4.69, 9.17) is 0 Å². The Morgan fingerprint density at radius 1 is 1.44 bits per heavy atom. The number of aliphatic hydroxyl groups is 1. The summed E-state index contributed by atoms with van der Waals surface area (Å²) in [7, 11) is 1.72. The van der Waals surface area contributed by atoms with Gasteiger partial charge in [-0.3, -0.25) is 4.79 Å². The molecule has 2 rings (SSSR count). The van der Waals surface area contributed by atoms with E-state index in [1.165, 1.54) is 0 Å². The Balaban J connectivity index is 2.12. The summed E-state index contributed by atoms with van der Waals surface area (Å²) in [6.07, 6.45) is 0.160. The summed E-state index contributed by atoms with van der Waals surface area (Å²) in [5.41, 5.74) is 1.98. The molecule has 18 heavy (non-hydrogen) atoms. The summed E-state index contributed by atoms with van der Waals surface area (Å²) < 4.78 is 0. The van der Waals surface area contributed by atoms with Crippen LogP contribution < -0.4 is 0 Å². The predicted molar refractivity (Wildman–Crippen MR) is 67.1 cm³/mol. The van der Waals surface area contributed by atoms with Crippen molar-refractivity contribution in [2.75, 3.05) is 13.6 Å². The minimum atomic E-state index is -0.404. The maximum Gasteiger partial charge on any atom is 0.253 e. The van der Waals surface area contributed by atoms with Crippen LogP contribution in [0.15, 0.2) is 18.2 Å². The Bertz CT molecular complexity index is 550. The standard InChI is InChI=1S/C12H16N4O2/c1-8(17)5-6-16(2)12(18)9-3-4-10-11(7-9)14-15-13-10/h3-4,7-8,17H,5-6H2,1-2H3,(H,13,14,15). The fourth-order valence-electron chi connectivity index (χ4n) is 1.68. The SMILES string of the molecule is CC(O)CCN(C)C(=O)c1ccc2n[nH]nc2c1. The van der Waals surface area contributed by atoms with Crippen molar-refractivity contribution in [2.24, 2.45) is 0 Å². The molecule has 0 saturated carbocycles. The first-order valence-corrected chi connectivity index (χ1v) is 5.82. The molecule has 0 spiro atoms. The van der Waals surface area contributed by atoms with E-state index < -0.39 is 6.10 Å². The molecule has 1 atom stereocenters. The van der Waals surface area contributed by atoms with E-state index >= 15 is 0 Å². The van der Waals surface area contributed by atoms with Gasteiger partial charge < -0.3 is 10.0 Å². The highest BCUT2D eigenvalue weighted by molar-refractivity contribution is 5.97. The van der Waals surface area contributed by atoms with Gasteiger partial charge in [-0.2, -0.15) is 15.4 Å². The number of carbonyl (C=O) groups is 1. The van der Waals surface area contributed by atoms with E-state index in [9.17, 15) is 9.90 Å². The van der Waals surface area contributed by atoms with Crippen LogP contribution >= 0.6 is 0 Å². The van der Waals surface area contributed by atoms with Crippen molar-refractivity contribution in [3.63, 3.8) is 0 Å². The molecule has 2 N–H and O–H groups in total. The lowest BCUT2D eigenvalue weighted by atomic mass is 10.1. The summed E-state index contributed by atoms with van der Waals surface area (Å²) in [4.78, 5) is 13.7. The van der Waals surface area contributed by atoms with E-state index in [0.717, 1.165) is 5.52 Å². The Morgan fingerprint density at radius 2 is 2.17 bits per heavy atom. The second-order valence-electron chi connectivity index (χ2n) is 4.39. The number of carbonyl (C=O) groups excluding carboxylic acids is 1. The number of H-pyrrole nitrogens is 1. The van der Waals surface area contributed by atoms with Crippen molar-refractivity contribution in [1.29, 1.82) is 0 Å². The maximum atomic E-state index is 12.1. The molecule has 0 bridgehead atoms. The molecule has 2 aromatic rings. The number of aliphatic hydroxyl groups excluding tert-OH is 1. The highest BCUT2D eigenvalue weighted by Crippen LogP contribution is 2.12. The van der Waals surface area contributed by atoms with E-state index in [1.54, 1.807) is 37.1 Å². The van der Waals surface area contributed by atoms with Gasteiger partial charge in [0, 0.05) is 19.2 Å². The normalized spacial score (nSPS) is 12.6. The second-order valence-corrected chi connectivity index (χ2v) is 4.39. The molecule has 0 radical (unpaired) electrons. The highest BCUT2D eigenvalue weighted by atomic mass is 16.3. The largest absolute Gasteiger partial charge is 0.393 e. The maximum absolute atomic E-state index is 12.1. The van der Waals surface area contributed by atoms with Gasteiger partial charge in [0.15, 0.2) is 0 Å². The van der Waals surface area contributed by atoms with Crippen molar-refractivity contribution in [2.45, 2.75) is 19.4 Å². The molecular formula is C12H16N4O2. The number of aromatic nitrogens is 3. The van der Waals surface area contributed by atoms with Crippen LogP contribution in [0.1, 0.15) is 23.7 Å². The molecule has 1 aromatic heterocycles. The van der Waals surface area contributed by atoms with Crippen molar-refractivity contribution in [3.05, 3.63) is 23.8 Å². The molecule has 0 fully saturated rings. The van der Waals surface area contributed by atoms with Crippen LogP contribution in [0.4, 0.5) is 0 Å². The minimum Gasteiger partial charge on any atom is -0.393 e. The average molecular weight is 248 g/mol. The van der Waals surface area contributed by atoms with Gasteiger partial charge in [-0.25, -0.2) is 0 Å². The quantitative estimate of drug-likeness (QED) is 0.838. The minimum absolute atomic E-state index is 0.0828. The molecule has 96 valence electrons. The molecule has 6 heteroatoms. The molecule has 1 amide bonds. The van der Waals surface area contributed by atoms with Crippen molar-refractivity contribution >= 4 is 16.9 Å². The summed E-state index contributed by atoms with van der Waals surface area (Å²) in [5.74, 6) is -0.0828. The number of nitrogens with zero attached hydrogens (tertiary/aromatic N) is 3. The lowest BCUT2D eigenvalue weighted by Crippen LogP contribution is -2.29. The van der Waals surface area contributed by atoms with E-state index in [-0.39, 0.29) is 5.91 Å². The zero-order chi connectivity index (χ0) is 13.1. The molecule has 6 nitrogen and oxygen atoms in total. The number of hydrogen-bond donors (Lipinski definition) is 2. The lowest BCUT2D eigenvalue weighted by molar-refractivity contribution is 0.0769. The Kier molecular flexibility index (Phi) is 3.57. The van der Waals surface area contributed by atoms with E-state index in [0.29, 0.717) is 24.0 Å². The van der Waals surface area contributed by atoms with Crippen molar-refractivity contribution in [1.82, 2.24) is 20.3 Å². The molecular weight excluding hydrogens is 232 g/mol. The number of aromatic amines is 1. The second kappa shape index (κ2) is 5.14. The summed E-state index contributed by atoms with van der Waals surface area (Å²) in [5, 5.41) is 19.6. The Morgan fingerprint density at radius 3 is 2.89 bits per heavy atom. The Hall–Kier alpha value is -1.95. The number of amides is 1. The smallest absolute Gasteiger partial charge is 0.253 e. The van der Waals surface area contributed by atoms with Gasteiger partial charge in [-0.05, 0) is 31.5 Å². The van der Waals surface area contributed by atoms with Gasteiger partial charge in [0.2, 0.25) is 0 Å². The molecule has 1 aromatic carbocycles. The van der Waals surface area contributed by atoms with E-state index in [1.807, 2.05) is 0 Å². The summed E-state index contributed by atoms with van der Waals surface area (Å²) >= 11 is 0. The number of hydrogen-bond acceptors (Lipinski definition) is 4. The monoisotopic (exact) mass is 248 g/mol. The van der Waals surface area contributed by atoms with Gasteiger partial charge in [0.25, 0.3) is 5.91 Å². The first kappa shape index (κ1) is 12.5. The van der Waals surface area contributed by atoms with Crippen LogP contribution in [-0.2, 0) is 0 Å².